The topological polar surface area (TPSA) is 59.1 Å². The molecule has 0 atom stereocenters. The molecule has 32 heavy (non-hydrogen) atoms. The second-order valence-corrected chi connectivity index (χ2v) is 13.0. The van der Waals surface area contributed by atoms with Gasteiger partial charge in [0, 0.05) is 32.2 Å². The lowest BCUT2D eigenvalue weighted by atomic mass is 9.81. The summed E-state index contributed by atoms with van der Waals surface area (Å²) in [5.74, 6) is 1.91. The van der Waals surface area contributed by atoms with Gasteiger partial charge in [0.25, 0.3) is 0 Å². The third-order valence-electron chi connectivity index (χ3n) is 8.17. The number of sulfonamides is 1. The van der Waals surface area contributed by atoms with Crippen molar-refractivity contribution in [2.24, 2.45) is 0 Å². The molecule has 0 unspecified atom stereocenters. The maximum atomic E-state index is 12.4. The molecular weight excluding hydrogens is 424 g/mol. The molecule has 2 saturated heterocycles. The Morgan fingerprint density at radius 2 is 1.75 bits per heavy atom. The first-order valence-corrected chi connectivity index (χ1v) is 14.1. The lowest BCUT2D eigenvalue weighted by Crippen LogP contribution is -2.53. The first kappa shape index (κ1) is 22.5. The van der Waals surface area contributed by atoms with Crippen LogP contribution in [0.15, 0.2) is 18.2 Å². The average molecular weight is 463 g/mol. The molecule has 1 spiro atoms. The maximum Gasteiger partial charge on any atom is 0.216 e. The number of ether oxygens (including phenoxy) is 2. The number of nitrogens with zero attached hydrogens (tertiary/aromatic N) is 2. The summed E-state index contributed by atoms with van der Waals surface area (Å²) in [5.41, 5.74) is 1.26. The molecule has 0 radical (unpaired) electrons. The molecule has 0 N–H and O–H groups in total. The minimum absolute atomic E-state index is 0.0182. The summed E-state index contributed by atoms with van der Waals surface area (Å²) in [4.78, 5) is 2.68. The molecule has 3 fully saturated rings. The molecule has 1 aromatic carbocycles. The van der Waals surface area contributed by atoms with Crippen molar-refractivity contribution in [2.75, 3.05) is 26.2 Å². The number of likely N-dealkylation sites (tertiary alicyclic amines) is 1. The van der Waals surface area contributed by atoms with E-state index >= 15 is 0 Å². The highest BCUT2D eigenvalue weighted by Gasteiger charge is 2.41. The summed E-state index contributed by atoms with van der Waals surface area (Å²) in [6, 6.07) is 7.09. The van der Waals surface area contributed by atoms with Crippen molar-refractivity contribution >= 4 is 10.0 Å². The van der Waals surface area contributed by atoms with Crippen LogP contribution in [0.3, 0.4) is 0 Å². The Balaban J connectivity index is 1.16. The number of fused-ring (bicyclic) bond motifs is 1. The van der Waals surface area contributed by atoms with Crippen molar-refractivity contribution < 1.29 is 17.9 Å². The molecule has 0 amide bonds. The van der Waals surface area contributed by atoms with Gasteiger partial charge in [-0.2, -0.15) is 0 Å². The minimum Gasteiger partial charge on any atom is -0.490 e. The van der Waals surface area contributed by atoms with E-state index in [2.05, 4.69) is 17.0 Å². The van der Waals surface area contributed by atoms with E-state index in [4.69, 9.17) is 9.47 Å². The Kier molecular flexibility index (Phi) is 6.18. The quantitative estimate of drug-likeness (QED) is 0.662. The normalized spacial score (nSPS) is 25.3. The lowest BCUT2D eigenvalue weighted by molar-refractivity contribution is -0.0338. The average Bonchev–Trinajstić information content (AvgIpc) is 2.75. The molecule has 1 aliphatic carbocycles. The van der Waals surface area contributed by atoms with Crippen LogP contribution in [-0.2, 0) is 16.4 Å². The van der Waals surface area contributed by atoms with E-state index in [0.717, 1.165) is 56.1 Å². The zero-order chi connectivity index (χ0) is 22.3. The Hall–Kier alpha value is -1.31. The Labute approximate surface area is 193 Å². The fourth-order valence-corrected chi connectivity index (χ4v) is 6.98. The standard InChI is InChI=1S/C25H38N2O4S/c1-19(2)32(28,29)27-14-9-22(10-15-27)30-23-6-7-24-20(18-23)8-11-25(31-24)12-16-26(17-13-25)21-4-3-5-21/h6-7,18-19,21-22H,3-5,8-17H2,1-2H3. The SMILES string of the molecule is CC(C)S(=O)(=O)N1CCC(Oc2ccc3c(c2)CCC2(CCN(C4CCC4)CC2)O3)CC1. The molecule has 1 saturated carbocycles. The summed E-state index contributed by atoms with van der Waals surface area (Å²) in [6.07, 6.45) is 10.1. The second-order valence-electron chi connectivity index (χ2n) is 10.5. The Morgan fingerprint density at radius 1 is 1.03 bits per heavy atom. The van der Waals surface area contributed by atoms with Gasteiger partial charge in [-0.1, -0.05) is 6.42 Å². The van der Waals surface area contributed by atoms with Gasteiger partial charge in [-0.25, -0.2) is 12.7 Å². The summed E-state index contributed by atoms with van der Waals surface area (Å²) >= 11 is 0. The molecule has 0 aromatic heterocycles. The van der Waals surface area contributed by atoms with Gasteiger partial charge >= 0.3 is 0 Å². The fourth-order valence-electron chi connectivity index (χ4n) is 5.67. The van der Waals surface area contributed by atoms with Gasteiger partial charge in [0.05, 0.1) is 5.25 Å². The van der Waals surface area contributed by atoms with Crippen LogP contribution in [0.4, 0.5) is 0 Å². The third-order valence-corrected chi connectivity index (χ3v) is 10.4. The number of aryl methyl sites for hydroxylation is 1. The second kappa shape index (κ2) is 8.80. The molecule has 1 aromatic rings. The van der Waals surface area contributed by atoms with Gasteiger partial charge in [0.2, 0.25) is 10.0 Å². The van der Waals surface area contributed by atoms with E-state index in [1.54, 1.807) is 18.2 Å². The highest BCUT2D eigenvalue weighted by molar-refractivity contribution is 7.89. The molecule has 3 aliphatic heterocycles. The van der Waals surface area contributed by atoms with Gasteiger partial charge in [-0.15, -0.1) is 0 Å². The molecule has 5 rings (SSSR count). The molecular formula is C25H38N2O4S. The number of hydrogen-bond donors (Lipinski definition) is 0. The largest absolute Gasteiger partial charge is 0.490 e. The molecule has 6 nitrogen and oxygen atoms in total. The van der Waals surface area contributed by atoms with Gasteiger partial charge in [-0.3, -0.25) is 0 Å². The highest BCUT2D eigenvalue weighted by Crippen LogP contribution is 2.42. The first-order valence-electron chi connectivity index (χ1n) is 12.6. The summed E-state index contributed by atoms with van der Waals surface area (Å²) in [5, 5.41) is -0.366. The van der Waals surface area contributed by atoms with Crippen LogP contribution >= 0.6 is 0 Å². The van der Waals surface area contributed by atoms with Crippen LogP contribution in [0, 0.1) is 0 Å². The summed E-state index contributed by atoms with van der Waals surface area (Å²) in [6.45, 7) is 6.92. The number of rotatable bonds is 5. The number of piperidine rings is 2. The van der Waals surface area contributed by atoms with Crippen molar-refractivity contribution in [1.29, 1.82) is 0 Å². The van der Waals surface area contributed by atoms with E-state index in [9.17, 15) is 8.42 Å². The van der Waals surface area contributed by atoms with E-state index in [1.165, 1.54) is 37.9 Å². The van der Waals surface area contributed by atoms with Gasteiger partial charge in [0.15, 0.2) is 0 Å². The molecule has 7 heteroatoms. The Bertz CT molecular complexity index is 912. The van der Waals surface area contributed by atoms with E-state index < -0.39 is 10.0 Å². The van der Waals surface area contributed by atoms with Crippen LogP contribution in [-0.4, -0.2) is 66.8 Å². The van der Waals surface area contributed by atoms with Crippen molar-refractivity contribution in [1.82, 2.24) is 9.21 Å². The summed E-state index contributed by atoms with van der Waals surface area (Å²) in [7, 11) is -3.17. The van der Waals surface area contributed by atoms with Crippen LogP contribution in [0.5, 0.6) is 11.5 Å². The molecule has 178 valence electrons. The highest BCUT2D eigenvalue weighted by atomic mass is 32.2. The lowest BCUT2D eigenvalue weighted by Gasteiger charge is -2.48. The van der Waals surface area contributed by atoms with Crippen molar-refractivity contribution in [2.45, 2.75) is 94.6 Å². The summed E-state index contributed by atoms with van der Waals surface area (Å²) < 4.78 is 39.2. The number of benzene rings is 1. The van der Waals surface area contributed by atoms with Crippen LogP contribution in [0.25, 0.3) is 0 Å². The van der Waals surface area contributed by atoms with Crippen LogP contribution < -0.4 is 9.47 Å². The fraction of sp³-hybridized carbons (Fsp3) is 0.760. The Morgan fingerprint density at radius 3 is 2.38 bits per heavy atom. The van der Waals surface area contributed by atoms with Gasteiger partial charge in [0.1, 0.15) is 23.2 Å². The van der Waals surface area contributed by atoms with Crippen molar-refractivity contribution in [3.05, 3.63) is 23.8 Å². The predicted molar refractivity (Wildman–Crippen MR) is 126 cm³/mol. The monoisotopic (exact) mass is 462 g/mol. The maximum absolute atomic E-state index is 12.4. The minimum atomic E-state index is -3.17. The third kappa shape index (κ3) is 4.40. The predicted octanol–water partition coefficient (Wildman–Crippen LogP) is 3.98. The first-order chi connectivity index (χ1) is 15.3. The van der Waals surface area contributed by atoms with Gasteiger partial charge in [-0.05, 0) is 89.0 Å². The van der Waals surface area contributed by atoms with Crippen LogP contribution in [0.2, 0.25) is 0 Å². The molecule has 3 heterocycles. The zero-order valence-electron chi connectivity index (χ0n) is 19.6. The van der Waals surface area contributed by atoms with Crippen LogP contribution in [0.1, 0.15) is 70.8 Å². The molecule has 4 aliphatic rings. The van der Waals surface area contributed by atoms with E-state index in [-0.39, 0.29) is 17.0 Å². The zero-order valence-corrected chi connectivity index (χ0v) is 20.4. The van der Waals surface area contributed by atoms with E-state index in [1.807, 2.05) is 6.07 Å². The van der Waals surface area contributed by atoms with Gasteiger partial charge < -0.3 is 14.4 Å². The smallest absolute Gasteiger partial charge is 0.216 e. The van der Waals surface area contributed by atoms with Crippen molar-refractivity contribution in [3.63, 3.8) is 0 Å². The molecule has 0 bridgehead atoms. The van der Waals surface area contributed by atoms with Crippen molar-refractivity contribution in [3.8, 4) is 11.5 Å². The number of hydrogen-bond acceptors (Lipinski definition) is 5. The van der Waals surface area contributed by atoms with E-state index in [0.29, 0.717) is 13.1 Å².